The smallest absolute Gasteiger partial charge is 0.139 e. The molecule has 0 saturated carbocycles. The zero-order valence-electron chi connectivity index (χ0n) is 9.77. The van der Waals surface area contributed by atoms with Gasteiger partial charge in [0.25, 0.3) is 0 Å². The van der Waals surface area contributed by atoms with Gasteiger partial charge in [-0.15, -0.1) is 0 Å². The number of benzene rings is 1. The zero-order valence-corrected chi connectivity index (χ0v) is 9.77. The van der Waals surface area contributed by atoms with Gasteiger partial charge < -0.3 is 9.64 Å². The maximum Gasteiger partial charge on any atom is 0.139 e. The Bertz CT molecular complexity index is 499. The highest BCUT2D eigenvalue weighted by molar-refractivity contribution is 5.90. The number of methoxy groups -OCH3 is 1. The maximum atomic E-state index is 5.17. The molecule has 0 aliphatic carbocycles. The van der Waals surface area contributed by atoms with Crippen LogP contribution in [0, 0.1) is 0 Å². The van der Waals surface area contributed by atoms with Gasteiger partial charge in [0, 0.05) is 25.0 Å². The molecule has 2 rings (SSSR count). The van der Waals surface area contributed by atoms with Crippen molar-refractivity contribution in [1.82, 2.24) is 9.97 Å². The van der Waals surface area contributed by atoms with E-state index in [1.807, 2.05) is 25.2 Å². The molecule has 2 aromatic rings. The minimum Gasteiger partial charge on any atom is -0.497 e. The summed E-state index contributed by atoms with van der Waals surface area (Å²) in [6.07, 6.45) is 1.59. The SMILES string of the molecule is CCN(C)c1ncnc2cc(OC)ccc12. The van der Waals surface area contributed by atoms with E-state index in [0.717, 1.165) is 29.0 Å². The van der Waals surface area contributed by atoms with Crippen molar-refractivity contribution >= 4 is 16.7 Å². The second-order valence-corrected chi connectivity index (χ2v) is 3.59. The van der Waals surface area contributed by atoms with Crippen LogP contribution in [-0.2, 0) is 0 Å². The van der Waals surface area contributed by atoms with Crippen LogP contribution in [0.15, 0.2) is 24.5 Å². The van der Waals surface area contributed by atoms with E-state index < -0.39 is 0 Å². The molecule has 1 aromatic carbocycles. The number of aromatic nitrogens is 2. The molecule has 4 heteroatoms. The molecule has 0 bridgehead atoms. The van der Waals surface area contributed by atoms with Gasteiger partial charge in [0.15, 0.2) is 0 Å². The zero-order chi connectivity index (χ0) is 11.5. The Labute approximate surface area is 94.9 Å². The standard InChI is InChI=1S/C12H15N3O/c1-4-15(2)12-10-6-5-9(16-3)7-11(10)13-8-14-12/h5-8H,4H2,1-3H3. The molecule has 84 valence electrons. The van der Waals surface area contributed by atoms with E-state index >= 15 is 0 Å². The summed E-state index contributed by atoms with van der Waals surface area (Å²) in [5, 5.41) is 1.05. The average molecular weight is 217 g/mol. The molecule has 4 nitrogen and oxygen atoms in total. The van der Waals surface area contributed by atoms with Crippen LogP contribution in [-0.4, -0.2) is 30.7 Å². The third-order valence-electron chi connectivity index (χ3n) is 2.66. The van der Waals surface area contributed by atoms with Crippen molar-refractivity contribution in [3.05, 3.63) is 24.5 Å². The summed E-state index contributed by atoms with van der Waals surface area (Å²) in [5.41, 5.74) is 0.907. The van der Waals surface area contributed by atoms with E-state index in [1.54, 1.807) is 13.4 Å². The van der Waals surface area contributed by atoms with Gasteiger partial charge >= 0.3 is 0 Å². The van der Waals surface area contributed by atoms with Gasteiger partial charge in [0.2, 0.25) is 0 Å². The molecular formula is C12H15N3O. The number of hydrogen-bond acceptors (Lipinski definition) is 4. The molecule has 0 N–H and O–H groups in total. The normalized spacial score (nSPS) is 10.4. The molecule has 0 spiro atoms. The lowest BCUT2D eigenvalue weighted by Crippen LogP contribution is -2.17. The first-order chi connectivity index (χ1) is 7.76. The number of fused-ring (bicyclic) bond motifs is 1. The fraction of sp³-hybridized carbons (Fsp3) is 0.333. The number of nitrogens with zero attached hydrogens (tertiary/aromatic N) is 3. The van der Waals surface area contributed by atoms with Crippen LogP contribution in [0.3, 0.4) is 0 Å². The first-order valence-electron chi connectivity index (χ1n) is 5.26. The van der Waals surface area contributed by atoms with Gasteiger partial charge in [-0.2, -0.15) is 0 Å². The Morgan fingerprint density at radius 2 is 2.12 bits per heavy atom. The molecule has 0 radical (unpaired) electrons. The molecule has 0 aliphatic rings. The Morgan fingerprint density at radius 3 is 2.81 bits per heavy atom. The first kappa shape index (κ1) is 10.7. The van der Waals surface area contributed by atoms with Crippen LogP contribution in [0.4, 0.5) is 5.82 Å². The molecule has 0 aliphatic heterocycles. The van der Waals surface area contributed by atoms with Crippen LogP contribution >= 0.6 is 0 Å². The van der Waals surface area contributed by atoms with Crippen LogP contribution in [0.1, 0.15) is 6.92 Å². The number of ether oxygens (including phenoxy) is 1. The van der Waals surface area contributed by atoms with E-state index in [4.69, 9.17) is 4.74 Å². The molecular weight excluding hydrogens is 202 g/mol. The molecule has 0 fully saturated rings. The van der Waals surface area contributed by atoms with E-state index in [1.165, 1.54) is 0 Å². The highest BCUT2D eigenvalue weighted by atomic mass is 16.5. The average Bonchev–Trinajstić information content (AvgIpc) is 2.36. The Balaban J connectivity index is 2.60. The van der Waals surface area contributed by atoms with E-state index in [2.05, 4.69) is 21.8 Å². The van der Waals surface area contributed by atoms with E-state index in [0.29, 0.717) is 0 Å². The Kier molecular flexibility index (Phi) is 2.90. The Morgan fingerprint density at radius 1 is 1.31 bits per heavy atom. The highest BCUT2D eigenvalue weighted by Crippen LogP contribution is 2.25. The molecule has 0 amide bonds. The van der Waals surface area contributed by atoms with Crippen molar-refractivity contribution in [3.8, 4) is 5.75 Å². The summed E-state index contributed by atoms with van der Waals surface area (Å²) in [6.45, 7) is 3.01. The monoisotopic (exact) mass is 217 g/mol. The minimum absolute atomic E-state index is 0.816. The van der Waals surface area contributed by atoms with Crippen molar-refractivity contribution in [2.75, 3.05) is 25.6 Å². The summed E-state index contributed by atoms with van der Waals surface area (Å²) in [7, 11) is 3.67. The second-order valence-electron chi connectivity index (χ2n) is 3.59. The van der Waals surface area contributed by atoms with Gasteiger partial charge in [-0.25, -0.2) is 9.97 Å². The highest BCUT2D eigenvalue weighted by Gasteiger charge is 2.07. The van der Waals surface area contributed by atoms with Crippen molar-refractivity contribution in [3.63, 3.8) is 0 Å². The van der Waals surface area contributed by atoms with Crippen molar-refractivity contribution in [1.29, 1.82) is 0 Å². The molecule has 1 aromatic heterocycles. The van der Waals surface area contributed by atoms with Gasteiger partial charge in [0.05, 0.1) is 12.6 Å². The van der Waals surface area contributed by atoms with E-state index in [-0.39, 0.29) is 0 Å². The van der Waals surface area contributed by atoms with Crippen molar-refractivity contribution in [2.45, 2.75) is 6.92 Å². The van der Waals surface area contributed by atoms with Crippen molar-refractivity contribution in [2.24, 2.45) is 0 Å². The Hall–Kier alpha value is -1.84. The maximum absolute atomic E-state index is 5.17. The summed E-state index contributed by atoms with van der Waals surface area (Å²) < 4.78 is 5.17. The van der Waals surface area contributed by atoms with Gasteiger partial charge in [0.1, 0.15) is 17.9 Å². The fourth-order valence-electron chi connectivity index (χ4n) is 1.60. The third-order valence-corrected chi connectivity index (χ3v) is 2.66. The predicted octanol–water partition coefficient (Wildman–Crippen LogP) is 2.09. The summed E-state index contributed by atoms with van der Waals surface area (Å²) >= 11 is 0. The van der Waals surface area contributed by atoms with Crippen LogP contribution in [0.25, 0.3) is 10.9 Å². The third kappa shape index (κ3) is 1.78. The number of rotatable bonds is 3. The summed E-state index contributed by atoms with van der Waals surface area (Å²) in [6, 6.07) is 5.85. The molecule has 16 heavy (non-hydrogen) atoms. The lowest BCUT2D eigenvalue weighted by atomic mass is 10.2. The van der Waals surface area contributed by atoms with Gasteiger partial charge in [-0.3, -0.25) is 0 Å². The van der Waals surface area contributed by atoms with Crippen LogP contribution < -0.4 is 9.64 Å². The second kappa shape index (κ2) is 4.35. The van der Waals surface area contributed by atoms with E-state index in [9.17, 15) is 0 Å². The minimum atomic E-state index is 0.816. The summed E-state index contributed by atoms with van der Waals surface area (Å²) in [5.74, 6) is 1.77. The lowest BCUT2D eigenvalue weighted by Gasteiger charge is -2.17. The molecule has 0 unspecified atom stereocenters. The predicted molar refractivity (Wildman–Crippen MR) is 65.0 cm³/mol. The fourth-order valence-corrected chi connectivity index (χ4v) is 1.60. The van der Waals surface area contributed by atoms with Crippen LogP contribution in [0.2, 0.25) is 0 Å². The lowest BCUT2D eigenvalue weighted by molar-refractivity contribution is 0.415. The summed E-state index contributed by atoms with van der Waals surface area (Å²) in [4.78, 5) is 10.7. The largest absolute Gasteiger partial charge is 0.497 e. The quantitative estimate of drug-likeness (QED) is 0.789. The number of anilines is 1. The molecule has 0 saturated heterocycles. The van der Waals surface area contributed by atoms with Crippen molar-refractivity contribution < 1.29 is 4.74 Å². The molecule has 1 heterocycles. The van der Waals surface area contributed by atoms with Crippen LogP contribution in [0.5, 0.6) is 5.75 Å². The first-order valence-corrected chi connectivity index (χ1v) is 5.26. The topological polar surface area (TPSA) is 38.2 Å². The number of hydrogen-bond donors (Lipinski definition) is 0. The van der Waals surface area contributed by atoms with Gasteiger partial charge in [-0.05, 0) is 19.1 Å². The van der Waals surface area contributed by atoms with Gasteiger partial charge in [-0.1, -0.05) is 0 Å². The molecule has 0 atom stereocenters.